The first-order valence-electron chi connectivity index (χ1n) is 8.25. The Kier molecular flexibility index (Phi) is 3.88. The lowest BCUT2D eigenvalue weighted by molar-refractivity contribution is 0.0342. The van der Waals surface area contributed by atoms with Crippen LogP contribution in [-0.2, 0) is 16.8 Å². The van der Waals surface area contributed by atoms with Crippen molar-refractivity contribution < 1.29 is 9.26 Å². The van der Waals surface area contributed by atoms with Crippen LogP contribution in [0.5, 0.6) is 0 Å². The highest BCUT2D eigenvalue weighted by Crippen LogP contribution is 2.37. The molecular weight excluding hydrogens is 292 g/mol. The normalized spacial score (nSPS) is 21.1. The third-order valence-electron chi connectivity index (χ3n) is 4.80. The van der Waals surface area contributed by atoms with E-state index in [0.29, 0.717) is 11.7 Å². The second-order valence-corrected chi connectivity index (χ2v) is 6.52. The molecule has 1 saturated heterocycles. The Morgan fingerprint density at radius 3 is 2.78 bits per heavy atom. The summed E-state index contributed by atoms with van der Waals surface area (Å²) in [6.45, 7) is 4.49. The van der Waals surface area contributed by atoms with Gasteiger partial charge in [0.25, 0.3) is 5.89 Å². The predicted octanol–water partition coefficient (Wildman–Crippen LogP) is 1.91. The monoisotopic (exact) mass is 314 g/mol. The molecule has 0 radical (unpaired) electrons. The van der Waals surface area contributed by atoms with E-state index in [0.717, 1.165) is 57.7 Å². The van der Waals surface area contributed by atoms with Gasteiger partial charge in [0.1, 0.15) is 0 Å². The van der Waals surface area contributed by atoms with Gasteiger partial charge in [-0.3, -0.25) is 4.90 Å². The van der Waals surface area contributed by atoms with Crippen LogP contribution in [-0.4, -0.2) is 41.3 Å². The Morgan fingerprint density at radius 1 is 1.22 bits per heavy atom. The minimum absolute atomic E-state index is 0.382. The van der Waals surface area contributed by atoms with Gasteiger partial charge in [-0.25, -0.2) is 0 Å². The van der Waals surface area contributed by atoms with E-state index >= 15 is 0 Å². The van der Waals surface area contributed by atoms with E-state index in [1.165, 1.54) is 5.56 Å². The minimum atomic E-state index is -0.382. The van der Waals surface area contributed by atoms with Gasteiger partial charge in [-0.1, -0.05) is 17.3 Å². The fourth-order valence-corrected chi connectivity index (χ4v) is 3.14. The fraction of sp³-hybridized carbons (Fsp3) is 0.529. The first kappa shape index (κ1) is 14.8. The van der Waals surface area contributed by atoms with Crippen molar-refractivity contribution in [1.82, 2.24) is 15.0 Å². The van der Waals surface area contributed by atoms with Crippen LogP contribution >= 0.6 is 0 Å². The standard InChI is InChI=1S/C17H22N4O2/c18-17(5-2-6-17)16-19-15(23-20-16)14-4-1-3-13(11-14)12-21-7-9-22-10-8-21/h1,3-4,11H,2,5-10,12,18H2. The molecule has 0 atom stereocenters. The van der Waals surface area contributed by atoms with Gasteiger partial charge in [0.05, 0.1) is 18.8 Å². The highest BCUT2D eigenvalue weighted by molar-refractivity contribution is 5.54. The molecular formula is C17H22N4O2. The van der Waals surface area contributed by atoms with Crippen molar-refractivity contribution in [3.8, 4) is 11.5 Å². The van der Waals surface area contributed by atoms with Crippen molar-refractivity contribution in [2.45, 2.75) is 31.3 Å². The van der Waals surface area contributed by atoms with E-state index in [-0.39, 0.29) is 5.54 Å². The SMILES string of the molecule is NC1(c2noc(-c3cccc(CN4CCOCC4)c3)n2)CCC1. The highest BCUT2D eigenvalue weighted by Gasteiger charge is 2.39. The van der Waals surface area contributed by atoms with Crippen LogP contribution in [0, 0.1) is 0 Å². The van der Waals surface area contributed by atoms with E-state index in [4.69, 9.17) is 15.0 Å². The largest absolute Gasteiger partial charge is 0.379 e. The van der Waals surface area contributed by atoms with Gasteiger partial charge in [0.2, 0.25) is 0 Å². The number of ether oxygens (including phenoxy) is 1. The minimum Gasteiger partial charge on any atom is -0.379 e. The molecule has 2 aliphatic rings. The number of nitrogens with two attached hydrogens (primary N) is 1. The van der Waals surface area contributed by atoms with Crippen LogP contribution in [0.4, 0.5) is 0 Å². The van der Waals surface area contributed by atoms with E-state index in [9.17, 15) is 0 Å². The van der Waals surface area contributed by atoms with Gasteiger partial charge < -0.3 is 15.0 Å². The highest BCUT2D eigenvalue weighted by atomic mass is 16.5. The van der Waals surface area contributed by atoms with E-state index in [2.05, 4.69) is 27.2 Å². The van der Waals surface area contributed by atoms with Crippen LogP contribution in [0.1, 0.15) is 30.7 Å². The van der Waals surface area contributed by atoms with Crippen molar-refractivity contribution in [3.05, 3.63) is 35.7 Å². The second kappa shape index (κ2) is 6.03. The van der Waals surface area contributed by atoms with Crippen molar-refractivity contribution in [3.63, 3.8) is 0 Å². The molecule has 2 aromatic rings. The number of aromatic nitrogens is 2. The zero-order valence-corrected chi connectivity index (χ0v) is 13.2. The van der Waals surface area contributed by atoms with Crippen molar-refractivity contribution in [1.29, 1.82) is 0 Å². The maximum absolute atomic E-state index is 6.27. The Morgan fingerprint density at radius 2 is 2.04 bits per heavy atom. The first-order chi connectivity index (χ1) is 11.2. The smallest absolute Gasteiger partial charge is 0.258 e. The Balaban J connectivity index is 1.51. The molecule has 1 saturated carbocycles. The zero-order valence-electron chi connectivity index (χ0n) is 13.2. The maximum atomic E-state index is 6.27. The third kappa shape index (κ3) is 3.02. The summed E-state index contributed by atoms with van der Waals surface area (Å²) in [7, 11) is 0. The molecule has 0 bridgehead atoms. The molecule has 2 heterocycles. The fourth-order valence-electron chi connectivity index (χ4n) is 3.14. The molecule has 0 unspecified atom stereocenters. The number of hydrogen-bond donors (Lipinski definition) is 1. The molecule has 2 N–H and O–H groups in total. The molecule has 2 fully saturated rings. The summed E-state index contributed by atoms with van der Waals surface area (Å²) in [6.07, 6.45) is 3.00. The second-order valence-electron chi connectivity index (χ2n) is 6.52. The van der Waals surface area contributed by atoms with Gasteiger partial charge in [-0.2, -0.15) is 4.98 Å². The van der Waals surface area contributed by atoms with Crippen molar-refractivity contribution in [2.75, 3.05) is 26.3 Å². The Bertz CT molecular complexity index is 675. The number of benzene rings is 1. The zero-order chi connectivity index (χ0) is 15.7. The molecule has 1 aliphatic heterocycles. The molecule has 1 aliphatic carbocycles. The first-order valence-corrected chi connectivity index (χ1v) is 8.25. The lowest BCUT2D eigenvalue weighted by atomic mass is 9.77. The quantitative estimate of drug-likeness (QED) is 0.929. The topological polar surface area (TPSA) is 77.4 Å². The van der Waals surface area contributed by atoms with Crippen LogP contribution in [0.25, 0.3) is 11.5 Å². The number of rotatable bonds is 4. The summed E-state index contributed by atoms with van der Waals surface area (Å²) in [6, 6.07) is 8.30. The average Bonchev–Trinajstić information content (AvgIpc) is 3.04. The maximum Gasteiger partial charge on any atom is 0.258 e. The molecule has 0 spiro atoms. The summed E-state index contributed by atoms with van der Waals surface area (Å²) >= 11 is 0. The number of morpholine rings is 1. The Hall–Kier alpha value is -1.76. The van der Waals surface area contributed by atoms with Gasteiger partial charge in [0, 0.05) is 25.2 Å². The number of hydrogen-bond acceptors (Lipinski definition) is 6. The van der Waals surface area contributed by atoms with Crippen LogP contribution in [0.3, 0.4) is 0 Å². The molecule has 6 heteroatoms. The van der Waals surface area contributed by atoms with Crippen molar-refractivity contribution in [2.24, 2.45) is 5.73 Å². The summed E-state index contributed by atoms with van der Waals surface area (Å²) in [4.78, 5) is 6.92. The molecule has 1 aromatic heterocycles. The molecule has 4 rings (SSSR count). The van der Waals surface area contributed by atoms with E-state index in [1.807, 2.05) is 12.1 Å². The van der Waals surface area contributed by atoms with Gasteiger partial charge in [-0.15, -0.1) is 0 Å². The molecule has 0 amide bonds. The van der Waals surface area contributed by atoms with Crippen LogP contribution in [0.15, 0.2) is 28.8 Å². The molecule has 122 valence electrons. The van der Waals surface area contributed by atoms with Crippen LogP contribution < -0.4 is 5.73 Å². The third-order valence-corrected chi connectivity index (χ3v) is 4.80. The average molecular weight is 314 g/mol. The van der Waals surface area contributed by atoms with E-state index < -0.39 is 0 Å². The molecule has 1 aromatic carbocycles. The van der Waals surface area contributed by atoms with Crippen LogP contribution in [0.2, 0.25) is 0 Å². The predicted molar refractivity (Wildman–Crippen MR) is 85.5 cm³/mol. The summed E-state index contributed by atoms with van der Waals surface area (Å²) in [5.41, 5.74) is 8.09. The lowest BCUT2D eigenvalue weighted by Gasteiger charge is -2.34. The molecule has 23 heavy (non-hydrogen) atoms. The number of nitrogens with zero attached hydrogens (tertiary/aromatic N) is 3. The summed E-state index contributed by atoms with van der Waals surface area (Å²) in [5, 5.41) is 4.09. The molecule has 6 nitrogen and oxygen atoms in total. The van der Waals surface area contributed by atoms with Crippen molar-refractivity contribution >= 4 is 0 Å². The van der Waals surface area contributed by atoms with Gasteiger partial charge >= 0.3 is 0 Å². The Labute approximate surface area is 135 Å². The summed E-state index contributed by atoms with van der Waals surface area (Å²) in [5.74, 6) is 1.19. The van der Waals surface area contributed by atoms with E-state index in [1.54, 1.807) is 0 Å². The van der Waals surface area contributed by atoms with Gasteiger partial charge in [-0.05, 0) is 37.0 Å². The van der Waals surface area contributed by atoms with Gasteiger partial charge in [0.15, 0.2) is 5.82 Å². The lowest BCUT2D eigenvalue weighted by Crippen LogP contribution is -2.44. The summed E-state index contributed by atoms with van der Waals surface area (Å²) < 4.78 is 10.8.